The molecule has 1 aliphatic heterocycles. The summed E-state index contributed by atoms with van der Waals surface area (Å²) < 4.78 is 34.0. The first kappa shape index (κ1) is 23.8. The van der Waals surface area contributed by atoms with Gasteiger partial charge in [-0.15, -0.1) is 0 Å². The van der Waals surface area contributed by atoms with Crippen LogP contribution in [0.25, 0.3) is 0 Å². The minimum atomic E-state index is -4.45. The Kier molecular flexibility index (Phi) is 11.2. The molecular weight excluding hydrogens is 359 g/mol. The fraction of sp³-hybridized carbons (Fsp3) is 0.684. The number of para-hydroxylation sites is 1. The largest absolute Gasteiger partial charge is 1.00 e. The van der Waals surface area contributed by atoms with E-state index in [4.69, 9.17) is 0 Å². The van der Waals surface area contributed by atoms with Crippen LogP contribution in [0, 0.1) is 0 Å². The minimum Gasteiger partial charge on any atom is -0.744 e. The van der Waals surface area contributed by atoms with Crippen molar-refractivity contribution in [2.24, 2.45) is 0 Å². The summed E-state index contributed by atoms with van der Waals surface area (Å²) in [4.78, 5) is -0.164. The number of nitrogens with one attached hydrogen (secondary N) is 2. The first-order valence-corrected chi connectivity index (χ1v) is 11.0. The molecule has 1 heterocycles. The van der Waals surface area contributed by atoms with Gasteiger partial charge in [0, 0.05) is 0 Å². The van der Waals surface area contributed by atoms with E-state index in [9.17, 15) is 13.0 Å². The summed E-state index contributed by atoms with van der Waals surface area (Å²) in [6.07, 6.45) is 13.9. The molecule has 0 aromatic heterocycles. The summed E-state index contributed by atoms with van der Waals surface area (Å²) in [6, 6.07) is 4.76. The molecule has 0 radical (unpaired) electrons. The number of hydrogen-bond acceptors (Lipinski definition) is 5. The molecule has 1 unspecified atom stereocenters. The number of fused-ring (bicyclic) bond motifs is 1. The van der Waals surface area contributed by atoms with Gasteiger partial charge in [-0.05, 0) is 25.0 Å². The second-order valence-electron chi connectivity index (χ2n) is 6.94. The van der Waals surface area contributed by atoms with E-state index in [1.54, 1.807) is 12.1 Å². The van der Waals surface area contributed by atoms with Gasteiger partial charge in [-0.25, -0.2) is 8.42 Å². The Morgan fingerprint density at radius 1 is 0.923 bits per heavy atom. The number of anilines is 2. The number of rotatable bonds is 12. The third-order valence-electron chi connectivity index (χ3n) is 4.79. The quantitative estimate of drug-likeness (QED) is 0.324. The molecule has 0 saturated heterocycles. The molecule has 0 saturated carbocycles. The van der Waals surface area contributed by atoms with Gasteiger partial charge >= 0.3 is 29.6 Å². The van der Waals surface area contributed by atoms with E-state index in [-0.39, 0.29) is 40.6 Å². The standard InChI is InChI=1S/C19H32N2O3S.Na/c1-2-3-4-5-6-7-8-9-10-11-15-18-20-16-13-12-14-17(19(16)21-18)25(22,23)24;/h12-14,18,20-21H,2-11,15H2,1H3,(H,22,23,24);/q;+1/p-1. The predicted octanol–water partition coefficient (Wildman–Crippen LogP) is 2.07. The van der Waals surface area contributed by atoms with Gasteiger partial charge in [-0.1, -0.05) is 70.8 Å². The van der Waals surface area contributed by atoms with E-state index in [2.05, 4.69) is 17.6 Å². The number of benzene rings is 1. The summed E-state index contributed by atoms with van der Waals surface area (Å²) in [5, 5.41) is 6.41. The summed E-state index contributed by atoms with van der Waals surface area (Å²) in [5.74, 6) is 0. The van der Waals surface area contributed by atoms with Gasteiger partial charge in [0.15, 0.2) is 0 Å². The molecule has 1 aromatic carbocycles. The van der Waals surface area contributed by atoms with Crippen molar-refractivity contribution in [3.8, 4) is 0 Å². The summed E-state index contributed by atoms with van der Waals surface area (Å²) >= 11 is 0. The molecule has 7 heteroatoms. The Labute approximate surface area is 180 Å². The van der Waals surface area contributed by atoms with Crippen molar-refractivity contribution in [2.75, 3.05) is 10.6 Å². The molecule has 0 amide bonds. The molecule has 0 aliphatic carbocycles. The summed E-state index contributed by atoms with van der Waals surface area (Å²) in [6.45, 7) is 2.24. The molecule has 0 fully saturated rings. The fourth-order valence-electron chi connectivity index (χ4n) is 3.39. The third kappa shape index (κ3) is 7.77. The Morgan fingerprint density at radius 3 is 2.08 bits per heavy atom. The van der Waals surface area contributed by atoms with E-state index in [0.717, 1.165) is 12.8 Å². The maximum atomic E-state index is 11.3. The molecular formula is C19H31N2NaO3S. The molecule has 1 aromatic rings. The van der Waals surface area contributed by atoms with Gasteiger partial charge in [0.2, 0.25) is 0 Å². The van der Waals surface area contributed by atoms with Crippen molar-refractivity contribution in [3.05, 3.63) is 18.2 Å². The van der Waals surface area contributed by atoms with Crippen LogP contribution < -0.4 is 40.2 Å². The van der Waals surface area contributed by atoms with Crippen LogP contribution in [0.15, 0.2) is 23.1 Å². The van der Waals surface area contributed by atoms with Gasteiger partial charge in [0.25, 0.3) is 0 Å². The van der Waals surface area contributed by atoms with Crippen LogP contribution in [0.5, 0.6) is 0 Å². The predicted molar refractivity (Wildman–Crippen MR) is 102 cm³/mol. The van der Waals surface area contributed by atoms with Gasteiger partial charge < -0.3 is 15.2 Å². The fourth-order valence-corrected chi connectivity index (χ4v) is 4.05. The molecule has 0 bridgehead atoms. The monoisotopic (exact) mass is 390 g/mol. The van der Waals surface area contributed by atoms with Crippen LogP contribution in [0.4, 0.5) is 11.4 Å². The summed E-state index contributed by atoms with van der Waals surface area (Å²) in [5.41, 5.74) is 1.13. The zero-order chi connectivity index (χ0) is 18.1. The van der Waals surface area contributed by atoms with Gasteiger partial charge in [0.05, 0.1) is 22.4 Å². The molecule has 1 aliphatic rings. The first-order chi connectivity index (χ1) is 12.0. The van der Waals surface area contributed by atoms with Crippen molar-refractivity contribution in [1.29, 1.82) is 0 Å². The molecule has 142 valence electrons. The Morgan fingerprint density at radius 2 is 1.50 bits per heavy atom. The molecule has 1 atom stereocenters. The normalized spacial score (nSPS) is 15.7. The van der Waals surface area contributed by atoms with E-state index >= 15 is 0 Å². The second-order valence-corrected chi connectivity index (χ2v) is 8.29. The maximum absolute atomic E-state index is 11.3. The average molecular weight is 391 g/mol. The maximum Gasteiger partial charge on any atom is 1.00 e. The Balaban J connectivity index is 0.00000338. The Hall–Kier alpha value is -0.270. The van der Waals surface area contributed by atoms with Crippen LogP contribution in [0.2, 0.25) is 0 Å². The topological polar surface area (TPSA) is 81.3 Å². The Bertz CT molecular complexity index is 638. The van der Waals surface area contributed by atoms with Gasteiger partial charge in [-0.2, -0.15) is 0 Å². The molecule has 2 N–H and O–H groups in total. The molecule has 0 spiro atoms. The molecule has 2 rings (SSSR count). The van der Waals surface area contributed by atoms with E-state index in [1.165, 1.54) is 63.9 Å². The molecule has 5 nitrogen and oxygen atoms in total. The average Bonchev–Trinajstić information content (AvgIpc) is 2.98. The van der Waals surface area contributed by atoms with Crippen molar-refractivity contribution < 1.29 is 42.5 Å². The van der Waals surface area contributed by atoms with Crippen molar-refractivity contribution in [2.45, 2.75) is 88.6 Å². The van der Waals surface area contributed by atoms with Crippen LogP contribution in [0.1, 0.15) is 77.6 Å². The van der Waals surface area contributed by atoms with Gasteiger partial charge in [-0.3, -0.25) is 0 Å². The number of unbranched alkanes of at least 4 members (excludes halogenated alkanes) is 9. The molecule has 26 heavy (non-hydrogen) atoms. The number of hydrogen-bond donors (Lipinski definition) is 2. The van der Waals surface area contributed by atoms with Crippen molar-refractivity contribution in [1.82, 2.24) is 0 Å². The van der Waals surface area contributed by atoms with Crippen LogP contribution in [-0.2, 0) is 10.1 Å². The van der Waals surface area contributed by atoms with E-state index in [0.29, 0.717) is 11.4 Å². The van der Waals surface area contributed by atoms with Crippen LogP contribution in [-0.4, -0.2) is 19.1 Å². The summed E-state index contributed by atoms with van der Waals surface area (Å²) in [7, 11) is -4.45. The van der Waals surface area contributed by atoms with E-state index < -0.39 is 10.1 Å². The van der Waals surface area contributed by atoms with Crippen LogP contribution >= 0.6 is 0 Å². The first-order valence-electron chi connectivity index (χ1n) is 9.64. The zero-order valence-electron chi connectivity index (χ0n) is 16.2. The smallest absolute Gasteiger partial charge is 0.744 e. The van der Waals surface area contributed by atoms with Crippen LogP contribution in [0.3, 0.4) is 0 Å². The third-order valence-corrected chi connectivity index (χ3v) is 5.67. The SMILES string of the molecule is CCCCCCCCCCCCC1Nc2cccc(S(=O)(=O)[O-])c2N1.[Na+]. The second kappa shape index (κ2) is 12.2. The van der Waals surface area contributed by atoms with E-state index in [1.807, 2.05) is 0 Å². The van der Waals surface area contributed by atoms with Gasteiger partial charge in [0.1, 0.15) is 10.1 Å². The van der Waals surface area contributed by atoms with Crippen molar-refractivity contribution >= 4 is 21.5 Å². The zero-order valence-corrected chi connectivity index (χ0v) is 19.0. The van der Waals surface area contributed by atoms with Crippen molar-refractivity contribution in [3.63, 3.8) is 0 Å². The minimum absolute atomic E-state index is 0.